The molecule has 0 bridgehead atoms. The second kappa shape index (κ2) is 6.92. The number of halogens is 1. The fourth-order valence-corrected chi connectivity index (χ4v) is 2.05. The number of hydrogen-bond donors (Lipinski definition) is 0. The van der Waals surface area contributed by atoms with Gasteiger partial charge in [-0.1, -0.05) is 41.9 Å². The van der Waals surface area contributed by atoms with Gasteiger partial charge in [-0.2, -0.15) is 0 Å². The summed E-state index contributed by atoms with van der Waals surface area (Å²) >= 11 is 3.36. The minimum absolute atomic E-state index is 0.216. The summed E-state index contributed by atoms with van der Waals surface area (Å²) in [7, 11) is 2.06. The van der Waals surface area contributed by atoms with E-state index in [2.05, 4.69) is 41.7 Å². The molecule has 3 heteroatoms. The van der Waals surface area contributed by atoms with E-state index in [1.165, 1.54) is 0 Å². The quantitative estimate of drug-likeness (QED) is 0.748. The molecular weight excluding hydrogens is 278 g/mol. The zero-order valence-electron chi connectivity index (χ0n) is 10.7. The Kier molecular flexibility index (Phi) is 5.86. The van der Waals surface area contributed by atoms with Crippen molar-refractivity contribution in [1.82, 2.24) is 4.90 Å². The number of rotatable bonds is 6. The zero-order valence-corrected chi connectivity index (χ0v) is 12.3. The number of benzene rings is 1. The van der Waals surface area contributed by atoms with Crippen LogP contribution in [0.2, 0.25) is 0 Å². The summed E-state index contributed by atoms with van der Waals surface area (Å²) in [6.07, 6.45) is 0.588. The standard InChI is InChI=1S/C14H20BrNO/c1-11(2)10-16(3)9-8-14(17)12-4-6-13(15)7-5-12/h4-7,11H,8-10H2,1-3H3. The molecule has 1 aromatic carbocycles. The van der Waals surface area contributed by atoms with Crippen molar-refractivity contribution in [2.45, 2.75) is 20.3 Å². The summed E-state index contributed by atoms with van der Waals surface area (Å²) < 4.78 is 1.01. The highest BCUT2D eigenvalue weighted by atomic mass is 79.9. The molecule has 0 fully saturated rings. The van der Waals surface area contributed by atoms with Gasteiger partial charge >= 0.3 is 0 Å². The number of carbonyl (C=O) groups excluding carboxylic acids is 1. The van der Waals surface area contributed by atoms with E-state index >= 15 is 0 Å². The van der Waals surface area contributed by atoms with Crippen LogP contribution in [0.1, 0.15) is 30.6 Å². The van der Waals surface area contributed by atoms with E-state index in [1.54, 1.807) is 0 Å². The van der Waals surface area contributed by atoms with Gasteiger partial charge in [-0.15, -0.1) is 0 Å². The Hall–Kier alpha value is -0.670. The summed E-state index contributed by atoms with van der Waals surface area (Å²) in [5, 5.41) is 0. The summed E-state index contributed by atoms with van der Waals surface area (Å²) in [6, 6.07) is 7.56. The molecule has 0 unspecified atom stereocenters. The van der Waals surface area contributed by atoms with E-state index in [9.17, 15) is 4.79 Å². The first-order valence-electron chi connectivity index (χ1n) is 5.96. The van der Waals surface area contributed by atoms with Crippen molar-refractivity contribution in [3.05, 3.63) is 34.3 Å². The molecule has 0 aliphatic carbocycles. The second-order valence-corrected chi connectivity index (χ2v) is 5.75. The molecule has 17 heavy (non-hydrogen) atoms. The average molecular weight is 298 g/mol. The van der Waals surface area contributed by atoms with Crippen LogP contribution < -0.4 is 0 Å². The first kappa shape index (κ1) is 14.4. The molecular formula is C14H20BrNO. The Morgan fingerprint density at radius 2 is 1.88 bits per heavy atom. The van der Waals surface area contributed by atoms with Crippen LogP contribution in [0.4, 0.5) is 0 Å². The number of Topliss-reactive ketones (excluding diaryl/α,β-unsaturated/α-hetero) is 1. The van der Waals surface area contributed by atoms with Crippen molar-refractivity contribution < 1.29 is 4.79 Å². The summed E-state index contributed by atoms with van der Waals surface area (Å²) in [4.78, 5) is 14.1. The van der Waals surface area contributed by atoms with Crippen molar-refractivity contribution in [2.24, 2.45) is 5.92 Å². The Balaban J connectivity index is 2.42. The molecule has 0 N–H and O–H groups in total. The number of ketones is 1. The molecule has 0 spiro atoms. The van der Waals surface area contributed by atoms with Crippen LogP contribution in [0, 0.1) is 5.92 Å². The maximum Gasteiger partial charge on any atom is 0.164 e. The van der Waals surface area contributed by atoms with Crippen molar-refractivity contribution >= 4 is 21.7 Å². The molecule has 2 nitrogen and oxygen atoms in total. The van der Waals surface area contributed by atoms with Crippen LogP contribution in [-0.4, -0.2) is 30.8 Å². The maximum absolute atomic E-state index is 11.9. The SMILES string of the molecule is CC(C)CN(C)CCC(=O)c1ccc(Br)cc1. The predicted molar refractivity (Wildman–Crippen MR) is 75.4 cm³/mol. The first-order valence-corrected chi connectivity index (χ1v) is 6.75. The lowest BCUT2D eigenvalue weighted by atomic mass is 10.1. The molecule has 0 aliphatic heterocycles. The lowest BCUT2D eigenvalue weighted by Gasteiger charge is -2.18. The van der Waals surface area contributed by atoms with Crippen LogP contribution in [0.3, 0.4) is 0 Å². The van der Waals surface area contributed by atoms with Crippen molar-refractivity contribution in [1.29, 1.82) is 0 Å². The Morgan fingerprint density at radius 3 is 2.41 bits per heavy atom. The second-order valence-electron chi connectivity index (χ2n) is 4.84. The van der Waals surface area contributed by atoms with Crippen molar-refractivity contribution in [3.8, 4) is 0 Å². The van der Waals surface area contributed by atoms with E-state index in [1.807, 2.05) is 24.3 Å². The number of nitrogens with zero attached hydrogens (tertiary/aromatic N) is 1. The van der Waals surface area contributed by atoms with Gasteiger partial charge in [0.05, 0.1) is 0 Å². The number of carbonyl (C=O) groups is 1. The maximum atomic E-state index is 11.9. The van der Waals surface area contributed by atoms with E-state index < -0.39 is 0 Å². The lowest BCUT2D eigenvalue weighted by molar-refractivity contribution is 0.0967. The van der Waals surface area contributed by atoms with Crippen LogP contribution in [-0.2, 0) is 0 Å². The van der Waals surface area contributed by atoms with Gasteiger partial charge in [0.2, 0.25) is 0 Å². The molecule has 1 aromatic rings. The normalized spacial score (nSPS) is 11.2. The highest BCUT2D eigenvalue weighted by Gasteiger charge is 2.08. The van der Waals surface area contributed by atoms with Gasteiger partial charge in [-0.05, 0) is 25.1 Å². The number of hydrogen-bond acceptors (Lipinski definition) is 2. The topological polar surface area (TPSA) is 20.3 Å². The summed E-state index contributed by atoms with van der Waals surface area (Å²) in [5.74, 6) is 0.857. The first-order chi connectivity index (χ1) is 7.99. The van der Waals surface area contributed by atoms with Crippen LogP contribution in [0.5, 0.6) is 0 Å². The highest BCUT2D eigenvalue weighted by Crippen LogP contribution is 2.12. The van der Waals surface area contributed by atoms with Crippen molar-refractivity contribution in [3.63, 3.8) is 0 Å². The summed E-state index contributed by atoms with van der Waals surface area (Å²) in [5.41, 5.74) is 0.797. The van der Waals surface area contributed by atoms with Crippen LogP contribution in [0.15, 0.2) is 28.7 Å². The van der Waals surface area contributed by atoms with Gasteiger partial charge in [0, 0.05) is 29.5 Å². The van der Waals surface area contributed by atoms with Gasteiger partial charge in [0.1, 0.15) is 0 Å². The Morgan fingerprint density at radius 1 is 1.29 bits per heavy atom. The highest BCUT2D eigenvalue weighted by molar-refractivity contribution is 9.10. The van der Waals surface area contributed by atoms with Gasteiger partial charge in [0.15, 0.2) is 5.78 Å². The molecule has 0 saturated heterocycles. The third kappa shape index (κ3) is 5.46. The molecule has 0 aromatic heterocycles. The van der Waals surface area contributed by atoms with E-state index in [0.29, 0.717) is 12.3 Å². The minimum atomic E-state index is 0.216. The lowest BCUT2D eigenvalue weighted by Crippen LogP contribution is -2.25. The molecule has 94 valence electrons. The fourth-order valence-electron chi connectivity index (χ4n) is 1.79. The Bertz CT molecular complexity index is 359. The molecule has 0 amide bonds. The average Bonchev–Trinajstić information content (AvgIpc) is 2.26. The van der Waals surface area contributed by atoms with Gasteiger partial charge < -0.3 is 4.90 Å². The monoisotopic (exact) mass is 297 g/mol. The van der Waals surface area contributed by atoms with Gasteiger partial charge in [-0.25, -0.2) is 0 Å². The molecule has 0 radical (unpaired) electrons. The third-order valence-corrected chi connectivity index (χ3v) is 3.09. The minimum Gasteiger partial charge on any atom is -0.306 e. The Labute approximate surface area is 112 Å². The van der Waals surface area contributed by atoms with E-state index in [-0.39, 0.29) is 5.78 Å². The molecule has 0 aliphatic rings. The van der Waals surface area contributed by atoms with Gasteiger partial charge in [-0.3, -0.25) is 4.79 Å². The molecule has 0 atom stereocenters. The third-order valence-electron chi connectivity index (χ3n) is 2.56. The molecule has 1 rings (SSSR count). The largest absolute Gasteiger partial charge is 0.306 e. The van der Waals surface area contributed by atoms with E-state index in [0.717, 1.165) is 23.1 Å². The predicted octanol–water partition coefficient (Wildman–Crippen LogP) is 3.61. The van der Waals surface area contributed by atoms with Gasteiger partial charge in [0.25, 0.3) is 0 Å². The summed E-state index contributed by atoms with van der Waals surface area (Å²) in [6.45, 7) is 6.24. The van der Waals surface area contributed by atoms with Crippen LogP contribution in [0.25, 0.3) is 0 Å². The fraction of sp³-hybridized carbons (Fsp3) is 0.500. The van der Waals surface area contributed by atoms with Crippen molar-refractivity contribution in [2.75, 3.05) is 20.1 Å². The smallest absolute Gasteiger partial charge is 0.164 e. The molecule has 0 heterocycles. The zero-order chi connectivity index (χ0) is 12.8. The van der Waals surface area contributed by atoms with E-state index in [4.69, 9.17) is 0 Å². The molecule has 0 saturated carbocycles. The van der Waals surface area contributed by atoms with Crippen LogP contribution >= 0.6 is 15.9 Å².